The lowest BCUT2D eigenvalue weighted by Crippen LogP contribution is -2.44. The zero-order valence-corrected chi connectivity index (χ0v) is 14.1. The molecular weight excluding hydrogens is 312 g/mol. The SMILES string of the molecule is CC(C)C(CCO)NC(=O)NCc1nnc(-c2ccccc2)s1. The van der Waals surface area contributed by atoms with Crippen LogP contribution in [-0.4, -0.2) is 34.0 Å². The average molecular weight is 334 g/mol. The average Bonchev–Trinajstić information content (AvgIpc) is 3.02. The lowest BCUT2D eigenvalue weighted by molar-refractivity contribution is 0.218. The molecule has 0 radical (unpaired) electrons. The molecule has 1 aromatic heterocycles. The predicted molar refractivity (Wildman–Crippen MR) is 91.0 cm³/mol. The van der Waals surface area contributed by atoms with Crippen LogP contribution in [0.2, 0.25) is 0 Å². The van der Waals surface area contributed by atoms with Gasteiger partial charge in [0.05, 0.1) is 6.54 Å². The molecule has 2 amide bonds. The highest BCUT2D eigenvalue weighted by Crippen LogP contribution is 2.22. The molecule has 0 spiro atoms. The number of nitrogens with one attached hydrogen (secondary N) is 2. The zero-order valence-electron chi connectivity index (χ0n) is 13.3. The van der Waals surface area contributed by atoms with Gasteiger partial charge in [-0.25, -0.2) is 4.79 Å². The number of aliphatic hydroxyl groups is 1. The van der Waals surface area contributed by atoms with Crippen LogP contribution < -0.4 is 10.6 Å². The van der Waals surface area contributed by atoms with Crippen molar-refractivity contribution < 1.29 is 9.90 Å². The quantitative estimate of drug-likeness (QED) is 0.726. The number of hydrogen-bond donors (Lipinski definition) is 3. The summed E-state index contributed by atoms with van der Waals surface area (Å²) in [6.07, 6.45) is 0.544. The number of aromatic nitrogens is 2. The Labute approximate surface area is 140 Å². The maximum absolute atomic E-state index is 11.9. The summed E-state index contributed by atoms with van der Waals surface area (Å²) in [5, 5.41) is 24.5. The number of urea groups is 1. The first-order chi connectivity index (χ1) is 11.1. The van der Waals surface area contributed by atoms with Crippen LogP contribution in [0.1, 0.15) is 25.3 Å². The molecule has 2 rings (SSSR count). The Morgan fingerprint density at radius 2 is 2.00 bits per heavy atom. The van der Waals surface area contributed by atoms with E-state index in [0.29, 0.717) is 13.0 Å². The standard InChI is InChI=1S/C16H22N4O2S/c1-11(2)13(8-9-21)18-16(22)17-10-14-19-20-15(23-14)12-6-4-3-5-7-12/h3-7,11,13,21H,8-10H2,1-2H3,(H2,17,18,22). The first-order valence-corrected chi connectivity index (χ1v) is 8.45. The van der Waals surface area contributed by atoms with Gasteiger partial charge in [0.1, 0.15) is 10.0 Å². The fraction of sp³-hybridized carbons (Fsp3) is 0.438. The Morgan fingerprint density at radius 3 is 2.65 bits per heavy atom. The molecule has 0 saturated carbocycles. The number of hydrogen-bond acceptors (Lipinski definition) is 5. The molecule has 0 fully saturated rings. The van der Waals surface area contributed by atoms with Gasteiger partial charge in [-0.1, -0.05) is 55.5 Å². The van der Waals surface area contributed by atoms with Gasteiger partial charge in [0.25, 0.3) is 0 Å². The Hall–Kier alpha value is -1.99. The van der Waals surface area contributed by atoms with Gasteiger partial charge in [-0.15, -0.1) is 10.2 Å². The van der Waals surface area contributed by atoms with Crippen molar-refractivity contribution in [2.24, 2.45) is 5.92 Å². The minimum atomic E-state index is -0.256. The minimum absolute atomic E-state index is 0.0469. The van der Waals surface area contributed by atoms with Gasteiger partial charge in [-0.2, -0.15) is 0 Å². The smallest absolute Gasteiger partial charge is 0.315 e. The van der Waals surface area contributed by atoms with E-state index in [2.05, 4.69) is 20.8 Å². The summed E-state index contributed by atoms with van der Waals surface area (Å²) in [5.41, 5.74) is 1.02. The zero-order chi connectivity index (χ0) is 16.7. The van der Waals surface area contributed by atoms with Gasteiger partial charge in [0.2, 0.25) is 0 Å². The van der Waals surface area contributed by atoms with Gasteiger partial charge in [-0.05, 0) is 12.3 Å². The first-order valence-electron chi connectivity index (χ1n) is 7.63. The monoisotopic (exact) mass is 334 g/mol. The summed E-state index contributed by atoms with van der Waals surface area (Å²) in [6.45, 7) is 4.41. The molecule has 1 aromatic carbocycles. The molecule has 23 heavy (non-hydrogen) atoms. The van der Waals surface area contributed by atoms with Gasteiger partial charge >= 0.3 is 6.03 Å². The number of benzene rings is 1. The molecule has 2 aromatic rings. The van der Waals surface area contributed by atoms with Gasteiger partial charge in [0.15, 0.2) is 0 Å². The lowest BCUT2D eigenvalue weighted by atomic mass is 10.0. The molecule has 0 aliphatic heterocycles. The fourth-order valence-electron chi connectivity index (χ4n) is 2.11. The molecule has 0 aliphatic rings. The minimum Gasteiger partial charge on any atom is -0.396 e. The second kappa shape index (κ2) is 8.59. The Bertz CT molecular complexity index is 616. The topological polar surface area (TPSA) is 87.1 Å². The van der Waals surface area contributed by atoms with Crippen LogP contribution in [0.25, 0.3) is 10.6 Å². The molecule has 1 unspecified atom stereocenters. The van der Waals surface area contributed by atoms with Crippen LogP contribution in [0.15, 0.2) is 30.3 Å². The highest BCUT2D eigenvalue weighted by molar-refractivity contribution is 7.14. The number of amides is 2. The Balaban J connectivity index is 1.86. The number of carbonyl (C=O) groups excluding carboxylic acids is 1. The normalized spacial score (nSPS) is 12.2. The summed E-state index contributed by atoms with van der Waals surface area (Å²) in [7, 11) is 0. The molecule has 0 aliphatic carbocycles. The predicted octanol–water partition coefficient (Wildman–Crippen LogP) is 2.41. The van der Waals surface area contributed by atoms with Crippen LogP contribution in [0, 0.1) is 5.92 Å². The highest BCUT2D eigenvalue weighted by Gasteiger charge is 2.15. The molecule has 1 heterocycles. The Kier molecular flexibility index (Phi) is 6.49. The summed E-state index contributed by atoms with van der Waals surface area (Å²) < 4.78 is 0. The number of aliphatic hydroxyl groups excluding tert-OH is 1. The third kappa shape index (κ3) is 5.30. The molecule has 1 atom stereocenters. The van der Waals surface area contributed by atoms with Crippen LogP contribution in [-0.2, 0) is 6.54 Å². The molecule has 124 valence electrons. The Morgan fingerprint density at radius 1 is 1.26 bits per heavy atom. The number of nitrogens with zero attached hydrogens (tertiary/aromatic N) is 2. The van der Waals surface area contributed by atoms with Crippen molar-refractivity contribution in [1.29, 1.82) is 0 Å². The van der Waals surface area contributed by atoms with E-state index in [0.717, 1.165) is 15.6 Å². The number of rotatable bonds is 7. The first kappa shape index (κ1) is 17.4. The molecule has 6 nitrogen and oxygen atoms in total. The maximum atomic E-state index is 11.9. The molecule has 0 saturated heterocycles. The van der Waals surface area contributed by atoms with Crippen molar-refractivity contribution in [3.63, 3.8) is 0 Å². The van der Waals surface area contributed by atoms with Gasteiger partial charge < -0.3 is 15.7 Å². The molecule has 3 N–H and O–H groups in total. The van der Waals surface area contributed by atoms with Crippen molar-refractivity contribution in [2.45, 2.75) is 32.9 Å². The van der Waals surface area contributed by atoms with Crippen molar-refractivity contribution >= 4 is 17.4 Å². The molecule has 7 heteroatoms. The summed E-state index contributed by atoms with van der Waals surface area (Å²) in [4.78, 5) is 11.9. The van der Waals surface area contributed by atoms with E-state index in [-0.39, 0.29) is 24.6 Å². The summed E-state index contributed by atoms with van der Waals surface area (Å²) in [5.74, 6) is 0.263. The molecule has 0 bridgehead atoms. The van der Waals surface area contributed by atoms with E-state index < -0.39 is 0 Å². The number of carbonyl (C=O) groups is 1. The van der Waals surface area contributed by atoms with Crippen molar-refractivity contribution in [3.8, 4) is 10.6 Å². The largest absolute Gasteiger partial charge is 0.396 e. The van der Waals surface area contributed by atoms with E-state index in [4.69, 9.17) is 5.11 Å². The van der Waals surface area contributed by atoms with E-state index in [1.165, 1.54) is 11.3 Å². The second-order valence-corrected chi connectivity index (χ2v) is 6.62. The van der Waals surface area contributed by atoms with Crippen LogP contribution >= 0.6 is 11.3 Å². The van der Waals surface area contributed by atoms with Crippen LogP contribution in [0.3, 0.4) is 0 Å². The van der Waals surface area contributed by atoms with E-state index >= 15 is 0 Å². The van der Waals surface area contributed by atoms with Crippen molar-refractivity contribution in [1.82, 2.24) is 20.8 Å². The lowest BCUT2D eigenvalue weighted by Gasteiger charge is -2.21. The highest BCUT2D eigenvalue weighted by atomic mass is 32.1. The summed E-state index contributed by atoms with van der Waals surface area (Å²) >= 11 is 1.46. The van der Waals surface area contributed by atoms with Gasteiger partial charge in [-0.3, -0.25) is 0 Å². The van der Waals surface area contributed by atoms with E-state index in [9.17, 15) is 4.79 Å². The van der Waals surface area contributed by atoms with Crippen molar-refractivity contribution in [3.05, 3.63) is 35.3 Å². The third-order valence-electron chi connectivity index (χ3n) is 3.45. The van der Waals surface area contributed by atoms with Crippen LogP contribution in [0.4, 0.5) is 4.79 Å². The molecular formula is C16H22N4O2S. The van der Waals surface area contributed by atoms with Gasteiger partial charge in [0, 0.05) is 18.2 Å². The van der Waals surface area contributed by atoms with E-state index in [1.807, 2.05) is 44.2 Å². The summed E-state index contributed by atoms with van der Waals surface area (Å²) in [6, 6.07) is 9.52. The van der Waals surface area contributed by atoms with E-state index in [1.54, 1.807) is 0 Å². The van der Waals surface area contributed by atoms with Crippen LogP contribution in [0.5, 0.6) is 0 Å². The third-order valence-corrected chi connectivity index (χ3v) is 4.42. The fourth-order valence-corrected chi connectivity index (χ4v) is 2.89. The van der Waals surface area contributed by atoms with Crippen molar-refractivity contribution in [2.75, 3.05) is 6.61 Å². The maximum Gasteiger partial charge on any atom is 0.315 e. The second-order valence-electron chi connectivity index (χ2n) is 5.56.